The number of anilines is 2. The summed E-state index contributed by atoms with van der Waals surface area (Å²) in [5.41, 5.74) is 2.98. The molecule has 4 N–H and O–H groups in total. The highest BCUT2D eigenvalue weighted by Crippen LogP contribution is 2.41. The Kier molecular flexibility index (Phi) is 4.40. The number of nitrogens with zero attached hydrogens (tertiary/aromatic N) is 2. The highest BCUT2D eigenvalue weighted by molar-refractivity contribution is 9.10. The summed E-state index contributed by atoms with van der Waals surface area (Å²) in [6.45, 7) is 3.23. The van der Waals surface area contributed by atoms with Crippen LogP contribution in [0.5, 0.6) is 0 Å². The van der Waals surface area contributed by atoms with Gasteiger partial charge in [-0.15, -0.1) is 0 Å². The molecule has 2 rings (SSSR count). The molecule has 1 aromatic heterocycles. The molecule has 0 aliphatic heterocycles. The van der Waals surface area contributed by atoms with E-state index >= 15 is 0 Å². The van der Waals surface area contributed by atoms with Crippen molar-refractivity contribution in [2.45, 2.75) is 39.0 Å². The van der Waals surface area contributed by atoms with Crippen LogP contribution in [-0.4, -0.2) is 16.5 Å². The number of nitrogens with one attached hydrogen (secondary N) is 2. The maximum absolute atomic E-state index is 5.39. The van der Waals surface area contributed by atoms with Crippen molar-refractivity contribution in [2.24, 2.45) is 11.3 Å². The first-order valence-corrected chi connectivity index (χ1v) is 7.21. The van der Waals surface area contributed by atoms with Crippen LogP contribution in [0.15, 0.2) is 10.8 Å². The molecule has 0 atom stereocenters. The zero-order valence-electron chi connectivity index (χ0n) is 10.7. The third-order valence-electron chi connectivity index (χ3n) is 3.97. The lowest BCUT2D eigenvalue weighted by atomic mass is 9.83. The standard InChI is InChI=1S/C12H20BrN5/c1-2-12(5-3-4-6-12)7-15-10-9(13)11(18-14)17-8-16-10/h8H,2-7,14H2,1H3,(H2,15,16,17,18). The second kappa shape index (κ2) is 5.84. The van der Waals surface area contributed by atoms with Crippen molar-refractivity contribution >= 4 is 27.6 Å². The van der Waals surface area contributed by atoms with E-state index in [9.17, 15) is 0 Å². The molecule has 0 saturated heterocycles. The molecule has 1 aliphatic carbocycles. The van der Waals surface area contributed by atoms with Crippen LogP contribution in [-0.2, 0) is 0 Å². The molecule has 0 aromatic carbocycles. The smallest absolute Gasteiger partial charge is 0.159 e. The number of halogens is 1. The minimum Gasteiger partial charge on any atom is -0.368 e. The zero-order valence-corrected chi connectivity index (χ0v) is 12.3. The van der Waals surface area contributed by atoms with Crippen molar-refractivity contribution < 1.29 is 0 Å². The van der Waals surface area contributed by atoms with Gasteiger partial charge in [0, 0.05) is 6.54 Å². The first-order valence-electron chi connectivity index (χ1n) is 6.42. The first kappa shape index (κ1) is 13.5. The fourth-order valence-corrected chi connectivity index (χ4v) is 3.10. The molecule has 0 spiro atoms. The molecule has 1 fully saturated rings. The van der Waals surface area contributed by atoms with Crippen LogP contribution < -0.4 is 16.6 Å². The van der Waals surface area contributed by atoms with Crippen molar-refractivity contribution in [3.05, 3.63) is 10.8 Å². The van der Waals surface area contributed by atoms with Crippen molar-refractivity contribution in [1.29, 1.82) is 0 Å². The number of hydrogen-bond acceptors (Lipinski definition) is 5. The Morgan fingerprint density at radius 1 is 1.33 bits per heavy atom. The predicted molar refractivity (Wildman–Crippen MR) is 77.2 cm³/mol. The number of hydrogen-bond donors (Lipinski definition) is 3. The second-order valence-electron chi connectivity index (χ2n) is 4.94. The van der Waals surface area contributed by atoms with E-state index in [1.54, 1.807) is 0 Å². The van der Waals surface area contributed by atoms with Gasteiger partial charge in [-0.1, -0.05) is 19.8 Å². The van der Waals surface area contributed by atoms with Gasteiger partial charge in [-0.05, 0) is 40.6 Å². The van der Waals surface area contributed by atoms with Gasteiger partial charge in [-0.3, -0.25) is 0 Å². The highest BCUT2D eigenvalue weighted by atomic mass is 79.9. The first-order chi connectivity index (χ1) is 8.71. The van der Waals surface area contributed by atoms with Gasteiger partial charge in [-0.25, -0.2) is 15.8 Å². The molecule has 1 aromatic rings. The molecule has 0 unspecified atom stereocenters. The van der Waals surface area contributed by atoms with Gasteiger partial charge >= 0.3 is 0 Å². The lowest BCUT2D eigenvalue weighted by Crippen LogP contribution is -2.26. The van der Waals surface area contributed by atoms with E-state index < -0.39 is 0 Å². The van der Waals surface area contributed by atoms with E-state index in [0.717, 1.165) is 16.8 Å². The summed E-state index contributed by atoms with van der Waals surface area (Å²) in [6.07, 6.45) is 8.02. The molecule has 1 aliphatic rings. The molecular formula is C12H20BrN5. The van der Waals surface area contributed by atoms with Crippen molar-refractivity contribution in [1.82, 2.24) is 9.97 Å². The summed E-state index contributed by atoms with van der Waals surface area (Å²) in [7, 11) is 0. The Hall–Kier alpha value is -0.880. The molecule has 0 radical (unpaired) electrons. The maximum atomic E-state index is 5.39. The van der Waals surface area contributed by atoms with Crippen LogP contribution in [0.2, 0.25) is 0 Å². The molecule has 6 heteroatoms. The van der Waals surface area contributed by atoms with Crippen LogP contribution in [0, 0.1) is 5.41 Å². The van der Waals surface area contributed by atoms with E-state index in [-0.39, 0.29) is 0 Å². The minimum atomic E-state index is 0.431. The molecule has 18 heavy (non-hydrogen) atoms. The maximum Gasteiger partial charge on any atom is 0.159 e. The van der Waals surface area contributed by atoms with Gasteiger partial charge < -0.3 is 10.7 Å². The molecular weight excluding hydrogens is 294 g/mol. The minimum absolute atomic E-state index is 0.431. The summed E-state index contributed by atoms with van der Waals surface area (Å²) in [5.74, 6) is 6.80. The van der Waals surface area contributed by atoms with Crippen molar-refractivity contribution in [3.8, 4) is 0 Å². The molecule has 1 saturated carbocycles. The predicted octanol–water partition coefficient (Wildman–Crippen LogP) is 2.91. The summed E-state index contributed by atoms with van der Waals surface area (Å²) in [5, 5.41) is 3.43. The van der Waals surface area contributed by atoms with E-state index in [1.807, 2.05) is 0 Å². The molecule has 0 bridgehead atoms. The van der Waals surface area contributed by atoms with Crippen LogP contribution in [0.3, 0.4) is 0 Å². The topological polar surface area (TPSA) is 75.9 Å². The van der Waals surface area contributed by atoms with Crippen molar-refractivity contribution in [2.75, 3.05) is 17.3 Å². The van der Waals surface area contributed by atoms with Crippen molar-refractivity contribution in [3.63, 3.8) is 0 Å². The summed E-state index contributed by atoms with van der Waals surface area (Å²) in [4.78, 5) is 8.29. The van der Waals surface area contributed by atoms with E-state index in [1.165, 1.54) is 38.4 Å². The number of nitrogen functional groups attached to an aromatic ring is 1. The molecule has 0 amide bonds. The Morgan fingerprint density at radius 2 is 2.00 bits per heavy atom. The average molecular weight is 314 g/mol. The summed E-state index contributed by atoms with van der Waals surface area (Å²) < 4.78 is 0.789. The molecule has 1 heterocycles. The van der Waals surface area contributed by atoms with Gasteiger partial charge in [0.05, 0.1) is 0 Å². The van der Waals surface area contributed by atoms with Gasteiger partial charge in [0.2, 0.25) is 0 Å². The Bertz CT molecular complexity index is 403. The highest BCUT2D eigenvalue weighted by Gasteiger charge is 2.31. The molecule has 100 valence electrons. The third kappa shape index (κ3) is 2.75. The number of aromatic nitrogens is 2. The van der Waals surface area contributed by atoms with E-state index in [0.29, 0.717) is 11.2 Å². The fourth-order valence-electron chi connectivity index (χ4n) is 2.65. The number of nitrogens with two attached hydrogens (primary N) is 1. The quantitative estimate of drug-likeness (QED) is 0.575. The van der Waals surface area contributed by atoms with E-state index in [4.69, 9.17) is 5.84 Å². The van der Waals surface area contributed by atoms with Crippen LogP contribution >= 0.6 is 15.9 Å². The van der Waals surface area contributed by atoms with E-state index in [2.05, 4.69) is 43.6 Å². The SMILES string of the molecule is CCC1(CNc2ncnc(NN)c2Br)CCCC1. The Labute approximate surface area is 116 Å². The molecule has 5 nitrogen and oxygen atoms in total. The largest absolute Gasteiger partial charge is 0.368 e. The summed E-state index contributed by atoms with van der Waals surface area (Å²) in [6, 6.07) is 0. The van der Waals surface area contributed by atoms with Crippen LogP contribution in [0.25, 0.3) is 0 Å². The normalized spacial score (nSPS) is 17.7. The van der Waals surface area contributed by atoms with Gasteiger partial charge in [0.25, 0.3) is 0 Å². The lowest BCUT2D eigenvalue weighted by molar-refractivity contribution is 0.306. The van der Waals surface area contributed by atoms with Crippen LogP contribution in [0.1, 0.15) is 39.0 Å². The van der Waals surface area contributed by atoms with Crippen LogP contribution in [0.4, 0.5) is 11.6 Å². The Balaban J connectivity index is 2.05. The summed E-state index contributed by atoms with van der Waals surface area (Å²) >= 11 is 3.46. The second-order valence-corrected chi connectivity index (χ2v) is 5.74. The zero-order chi connectivity index (χ0) is 13.0. The average Bonchev–Trinajstić information content (AvgIpc) is 2.87. The van der Waals surface area contributed by atoms with Gasteiger partial charge in [0.1, 0.15) is 16.6 Å². The lowest BCUT2D eigenvalue weighted by Gasteiger charge is -2.28. The third-order valence-corrected chi connectivity index (χ3v) is 4.72. The fraction of sp³-hybridized carbons (Fsp3) is 0.667. The number of rotatable bonds is 5. The van der Waals surface area contributed by atoms with Gasteiger partial charge in [0.15, 0.2) is 5.82 Å². The number of hydrazine groups is 1. The van der Waals surface area contributed by atoms with Gasteiger partial charge in [-0.2, -0.15) is 0 Å². The Morgan fingerprint density at radius 3 is 2.61 bits per heavy atom. The monoisotopic (exact) mass is 313 g/mol.